The maximum atomic E-state index is 11.8. The van der Waals surface area contributed by atoms with Crippen LogP contribution in [0.3, 0.4) is 0 Å². The van der Waals surface area contributed by atoms with Crippen LogP contribution in [0.5, 0.6) is 11.5 Å². The molecule has 0 unspecified atom stereocenters. The molecule has 0 spiro atoms. The summed E-state index contributed by atoms with van der Waals surface area (Å²) in [7, 11) is 1.61. The Balaban J connectivity index is 1.76. The first-order valence-electron chi connectivity index (χ1n) is 7.74. The Morgan fingerprint density at radius 2 is 1.91 bits per heavy atom. The lowest BCUT2D eigenvalue weighted by atomic mass is 10.0. The molecule has 2 aliphatic heterocycles. The van der Waals surface area contributed by atoms with Crippen molar-refractivity contribution >= 4 is 17.3 Å². The van der Waals surface area contributed by atoms with Gasteiger partial charge >= 0.3 is 0 Å². The average molecular weight is 310 g/mol. The molecular weight excluding hydrogens is 292 g/mol. The van der Waals surface area contributed by atoms with Crippen molar-refractivity contribution in [3.8, 4) is 11.5 Å². The molecule has 0 aliphatic carbocycles. The van der Waals surface area contributed by atoms with E-state index in [1.807, 2.05) is 30.3 Å². The minimum atomic E-state index is 0.00705. The lowest BCUT2D eigenvalue weighted by molar-refractivity contribution is -0.115. The molecule has 0 fully saturated rings. The number of hydrogen-bond acceptors (Lipinski definition) is 4. The highest BCUT2D eigenvalue weighted by atomic mass is 16.5. The van der Waals surface area contributed by atoms with E-state index >= 15 is 0 Å². The van der Waals surface area contributed by atoms with Gasteiger partial charge < -0.3 is 20.1 Å². The van der Waals surface area contributed by atoms with Gasteiger partial charge in [-0.05, 0) is 23.1 Å². The first-order valence-corrected chi connectivity index (χ1v) is 7.74. The van der Waals surface area contributed by atoms with E-state index < -0.39 is 0 Å². The van der Waals surface area contributed by atoms with Gasteiger partial charge in [0.15, 0.2) is 11.5 Å². The van der Waals surface area contributed by atoms with Crippen molar-refractivity contribution in [1.29, 1.82) is 0 Å². The molecule has 1 amide bonds. The van der Waals surface area contributed by atoms with E-state index in [4.69, 9.17) is 9.47 Å². The maximum absolute atomic E-state index is 11.8. The van der Waals surface area contributed by atoms with Gasteiger partial charge in [-0.25, -0.2) is 0 Å². The van der Waals surface area contributed by atoms with E-state index in [9.17, 15) is 4.79 Å². The monoisotopic (exact) mass is 310 g/mol. The fourth-order valence-electron chi connectivity index (χ4n) is 3.31. The Labute approximate surface area is 134 Å². The quantitative estimate of drug-likeness (QED) is 0.911. The number of methoxy groups -OCH3 is 1. The summed E-state index contributed by atoms with van der Waals surface area (Å²) in [5, 5.41) is 6.29. The van der Waals surface area contributed by atoms with Crippen molar-refractivity contribution < 1.29 is 14.3 Å². The molecule has 0 aromatic heterocycles. The van der Waals surface area contributed by atoms with Crippen LogP contribution in [0, 0.1) is 0 Å². The Morgan fingerprint density at radius 3 is 2.70 bits per heavy atom. The molecule has 0 atom stereocenters. The number of carbonyl (C=O) groups is 1. The molecule has 2 heterocycles. The second kappa shape index (κ2) is 5.50. The summed E-state index contributed by atoms with van der Waals surface area (Å²) in [4.78, 5) is 11.8. The number of anilines is 2. The van der Waals surface area contributed by atoms with Crippen molar-refractivity contribution in [2.24, 2.45) is 0 Å². The zero-order valence-electron chi connectivity index (χ0n) is 12.9. The van der Waals surface area contributed by atoms with E-state index in [1.54, 1.807) is 7.11 Å². The normalized spacial score (nSPS) is 14.7. The summed E-state index contributed by atoms with van der Waals surface area (Å²) in [6.45, 7) is 1.31. The highest BCUT2D eigenvalue weighted by Gasteiger charge is 2.33. The van der Waals surface area contributed by atoms with Crippen LogP contribution in [0.2, 0.25) is 0 Å². The standard InChI is InChI=1S/C18H18N2O3/c1-22-17-16-13(9-14(21)20-16)12-7-8-19-15(12)18(17)23-10-11-5-3-2-4-6-11/h2-6,19H,7-10H2,1H3,(H,20,21). The van der Waals surface area contributed by atoms with Gasteiger partial charge in [0.1, 0.15) is 6.61 Å². The van der Waals surface area contributed by atoms with E-state index in [2.05, 4.69) is 10.6 Å². The molecule has 2 N–H and O–H groups in total. The summed E-state index contributed by atoms with van der Waals surface area (Å²) >= 11 is 0. The van der Waals surface area contributed by atoms with Gasteiger partial charge in [-0.3, -0.25) is 4.79 Å². The maximum Gasteiger partial charge on any atom is 0.229 e. The van der Waals surface area contributed by atoms with Gasteiger partial charge in [0, 0.05) is 6.54 Å². The van der Waals surface area contributed by atoms with Gasteiger partial charge in [0.05, 0.1) is 24.9 Å². The molecule has 5 heteroatoms. The van der Waals surface area contributed by atoms with Crippen LogP contribution in [0.15, 0.2) is 30.3 Å². The molecular formula is C18H18N2O3. The van der Waals surface area contributed by atoms with E-state index in [0.29, 0.717) is 24.5 Å². The van der Waals surface area contributed by atoms with Crippen LogP contribution >= 0.6 is 0 Å². The minimum absolute atomic E-state index is 0.00705. The van der Waals surface area contributed by atoms with Crippen LogP contribution in [0.1, 0.15) is 16.7 Å². The SMILES string of the molecule is COc1c2c(c3c(c1OCc1ccccc1)NCC3)CC(=O)N2. The molecule has 2 aromatic rings. The Morgan fingerprint density at radius 1 is 1.09 bits per heavy atom. The number of rotatable bonds is 4. The molecule has 118 valence electrons. The number of benzene rings is 2. The van der Waals surface area contributed by atoms with Crippen molar-refractivity contribution in [1.82, 2.24) is 0 Å². The third kappa shape index (κ3) is 2.29. The zero-order chi connectivity index (χ0) is 15.8. The Bertz CT molecular complexity index is 772. The lowest BCUT2D eigenvalue weighted by Crippen LogP contribution is -2.06. The summed E-state index contributed by atoms with van der Waals surface area (Å²) in [5.74, 6) is 1.30. The average Bonchev–Trinajstić information content (AvgIpc) is 3.19. The topological polar surface area (TPSA) is 59.6 Å². The fourth-order valence-corrected chi connectivity index (χ4v) is 3.31. The fraction of sp³-hybridized carbons (Fsp3) is 0.278. The summed E-state index contributed by atoms with van der Waals surface area (Å²) in [6.07, 6.45) is 1.31. The van der Waals surface area contributed by atoms with Gasteiger partial charge in [0.25, 0.3) is 0 Å². The molecule has 0 saturated carbocycles. The predicted octanol–water partition coefficient (Wildman–Crippen LogP) is 2.74. The first-order chi connectivity index (χ1) is 11.3. The highest BCUT2D eigenvalue weighted by Crippen LogP contribution is 2.51. The third-order valence-electron chi connectivity index (χ3n) is 4.34. The van der Waals surface area contributed by atoms with Crippen molar-refractivity contribution in [2.45, 2.75) is 19.4 Å². The predicted molar refractivity (Wildman–Crippen MR) is 88.3 cm³/mol. The van der Waals surface area contributed by atoms with Crippen LogP contribution < -0.4 is 20.1 Å². The molecule has 0 radical (unpaired) electrons. The zero-order valence-corrected chi connectivity index (χ0v) is 12.9. The number of nitrogens with one attached hydrogen (secondary N) is 2. The van der Waals surface area contributed by atoms with Gasteiger partial charge in [-0.1, -0.05) is 30.3 Å². The molecule has 2 aromatic carbocycles. The van der Waals surface area contributed by atoms with Gasteiger partial charge in [-0.2, -0.15) is 0 Å². The second-order valence-electron chi connectivity index (χ2n) is 5.75. The highest BCUT2D eigenvalue weighted by molar-refractivity contribution is 6.04. The van der Waals surface area contributed by atoms with Crippen LogP contribution in [0.4, 0.5) is 11.4 Å². The van der Waals surface area contributed by atoms with E-state index in [-0.39, 0.29) is 5.91 Å². The third-order valence-corrected chi connectivity index (χ3v) is 4.34. The molecule has 0 bridgehead atoms. The van der Waals surface area contributed by atoms with E-state index in [1.165, 1.54) is 5.56 Å². The van der Waals surface area contributed by atoms with Crippen LogP contribution in [-0.2, 0) is 24.2 Å². The minimum Gasteiger partial charge on any atom is -0.491 e. The van der Waals surface area contributed by atoms with Gasteiger partial charge in [0.2, 0.25) is 5.91 Å². The number of fused-ring (bicyclic) bond motifs is 3. The largest absolute Gasteiger partial charge is 0.491 e. The number of amides is 1. The molecule has 23 heavy (non-hydrogen) atoms. The smallest absolute Gasteiger partial charge is 0.229 e. The summed E-state index contributed by atoms with van der Waals surface area (Å²) in [6, 6.07) is 10.0. The molecule has 5 nitrogen and oxygen atoms in total. The van der Waals surface area contributed by atoms with Crippen molar-refractivity contribution in [3.05, 3.63) is 47.0 Å². The Kier molecular flexibility index (Phi) is 3.33. The Hall–Kier alpha value is -2.69. The summed E-state index contributed by atoms with van der Waals surface area (Å²) in [5.41, 5.74) is 5.03. The molecule has 4 rings (SSSR count). The number of carbonyl (C=O) groups excluding carboxylic acids is 1. The number of ether oxygens (including phenoxy) is 2. The molecule has 0 saturated heterocycles. The van der Waals surface area contributed by atoms with Crippen LogP contribution in [0.25, 0.3) is 0 Å². The number of hydrogen-bond donors (Lipinski definition) is 2. The first kappa shape index (κ1) is 13.9. The van der Waals surface area contributed by atoms with Gasteiger partial charge in [-0.15, -0.1) is 0 Å². The van der Waals surface area contributed by atoms with E-state index in [0.717, 1.165) is 35.5 Å². The van der Waals surface area contributed by atoms with Crippen LogP contribution in [-0.4, -0.2) is 19.6 Å². The summed E-state index contributed by atoms with van der Waals surface area (Å²) < 4.78 is 11.6. The van der Waals surface area contributed by atoms with Crippen molar-refractivity contribution in [3.63, 3.8) is 0 Å². The lowest BCUT2D eigenvalue weighted by Gasteiger charge is -2.18. The second-order valence-corrected chi connectivity index (χ2v) is 5.75. The molecule has 2 aliphatic rings. The van der Waals surface area contributed by atoms with Crippen molar-refractivity contribution in [2.75, 3.05) is 24.3 Å².